The van der Waals surface area contributed by atoms with Gasteiger partial charge in [0, 0.05) is 13.1 Å². The highest BCUT2D eigenvalue weighted by Crippen LogP contribution is 2.23. The average molecular weight is 300 g/mol. The lowest BCUT2D eigenvalue weighted by Gasteiger charge is -2.14. The first kappa shape index (κ1) is 16.5. The Morgan fingerprint density at radius 1 is 1.35 bits per heavy atom. The largest absolute Gasteiger partial charge is 0.478 e. The van der Waals surface area contributed by atoms with Gasteiger partial charge in [-0.05, 0) is 31.0 Å². The third-order valence-corrected chi connectivity index (χ3v) is 4.03. The summed E-state index contributed by atoms with van der Waals surface area (Å²) >= 11 is 0. The molecule has 1 aromatic rings. The molecule has 1 aromatic carbocycles. The van der Waals surface area contributed by atoms with Gasteiger partial charge in [0.05, 0.1) is 11.3 Å². The molecule has 0 fully saturated rings. The first-order valence-corrected chi connectivity index (χ1v) is 7.87. The van der Waals surface area contributed by atoms with Gasteiger partial charge in [-0.2, -0.15) is 0 Å². The number of carbonyl (C=O) groups is 1. The van der Waals surface area contributed by atoms with Gasteiger partial charge in [0.15, 0.2) is 0 Å². The fraction of sp³-hybridized carbons (Fsp3) is 0.462. The summed E-state index contributed by atoms with van der Waals surface area (Å²) in [5.41, 5.74) is 0.338. The normalized spacial score (nSPS) is 11.6. The van der Waals surface area contributed by atoms with Gasteiger partial charge >= 0.3 is 5.97 Å². The van der Waals surface area contributed by atoms with E-state index in [1.165, 1.54) is 18.2 Å². The lowest BCUT2D eigenvalue weighted by atomic mass is 10.2. The molecule has 0 radical (unpaired) electrons. The molecule has 0 aromatic heterocycles. The molecule has 3 N–H and O–H groups in total. The number of benzene rings is 1. The maximum Gasteiger partial charge on any atom is 0.335 e. The van der Waals surface area contributed by atoms with Crippen molar-refractivity contribution >= 4 is 21.7 Å². The molecule has 6 nitrogen and oxygen atoms in total. The lowest BCUT2D eigenvalue weighted by molar-refractivity contribution is 0.0696. The van der Waals surface area contributed by atoms with E-state index < -0.39 is 16.0 Å². The van der Waals surface area contributed by atoms with Gasteiger partial charge in [-0.15, -0.1) is 0 Å². The molecule has 0 spiro atoms. The van der Waals surface area contributed by atoms with Crippen molar-refractivity contribution in [2.75, 3.05) is 18.4 Å². The number of anilines is 1. The van der Waals surface area contributed by atoms with E-state index in [0.717, 1.165) is 0 Å². The van der Waals surface area contributed by atoms with E-state index in [1.54, 1.807) is 0 Å². The summed E-state index contributed by atoms with van der Waals surface area (Å²) < 4.78 is 27.0. The predicted octanol–water partition coefficient (Wildman–Crippen LogP) is 1.75. The summed E-state index contributed by atoms with van der Waals surface area (Å²) in [7, 11) is -3.74. The molecule has 0 atom stereocenters. The van der Waals surface area contributed by atoms with Crippen LogP contribution in [0.2, 0.25) is 0 Å². The third kappa shape index (κ3) is 4.21. The SMILES string of the molecule is CCNc1ccc(C(=O)O)cc1S(=O)(=O)NCC(C)C. The van der Waals surface area contributed by atoms with Gasteiger partial charge in [-0.25, -0.2) is 17.9 Å². The van der Waals surface area contributed by atoms with Crippen LogP contribution in [0, 0.1) is 5.92 Å². The van der Waals surface area contributed by atoms with E-state index in [4.69, 9.17) is 5.11 Å². The average Bonchev–Trinajstić information content (AvgIpc) is 2.37. The predicted molar refractivity (Wildman–Crippen MR) is 77.6 cm³/mol. The number of hydrogen-bond acceptors (Lipinski definition) is 4. The summed E-state index contributed by atoms with van der Waals surface area (Å²) in [6.45, 7) is 6.45. The number of hydrogen-bond donors (Lipinski definition) is 3. The van der Waals surface area contributed by atoms with Crippen molar-refractivity contribution in [2.24, 2.45) is 5.92 Å². The first-order valence-electron chi connectivity index (χ1n) is 6.38. The minimum Gasteiger partial charge on any atom is -0.478 e. The minimum atomic E-state index is -3.74. The van der Waals surface area contributed by atoms with Crippen molar-refractivity contribution in [2.45, 2.75) is 25.7 Å². The van der Waals surface area contributed by atoms with E-state index in [0.29, 0.717) is 18.8 Å². The van der Waals surface area contributed by atoms with Crippen molar-refractivity contribution in [3.63, 3.8) is 0 Å². The summed E-state index contributed by atoms with van der Waals surface area (Å²) in [5, 5.41) is 11.9. The summed E-state index contributed by atoms with van der Waals surface area (Å²) in [4.78, 5) is 10.9. The van der Waals surface area contributed by atoms with Crippen LogP contribution in [0.5, 0.6) is 0 Å². The van der Waals surface area contributed by atoms with Crippen molar-refractivity contribution in [3.8, 4) is 0 Å². The van der Waals surface area contributed by atoms with Crippen molar-refractivity contribution in [1.29, 1.82) is 0 Å². The first-order chi connectivity index (χ1) is 9.27. The Morgan fingerprint density at radius 3 is 2.50 bits per heavy atom. The molecule has 7 heteroatoms. The van der Waals surface area contributed by atoms with Gasteiger partial charge in [0.1, 0.15) is 4.90 Å². The Balaban J connectivity index is 3.24. The van der Waals surface area contributed by atoms with Gasteiger partial charge in [-0.1, -0.05) is 13.8 Å². The minimum absolute atomic E-state index is 0.0418. The third-order valence-electron chi connectivity index (χ3n) is 2.57. The Kier molecular flexibility index (Phi) is 5.52. The molecule has 0 saturated heterocycles. The highest BCUT2D eigenvalue weighted by atomic mass is 32.2. The summed E-state index contributed by atoms with van der Waals surface area (Å²) in [5.74, 6) is -0.997. The van der Waals surface area contributed by atoms with Gasteiger partial charge < -0.3 is 10.4 Å². The Bertz CT molecular complexity index is 582. The number of aromatic carboxylic acids is 1. The molecule has 0 aliphatic heterocycles. The van der Waals surface area contributed by atoms with E-state index in [-0.39, 0.29) is 16.4 Å². The van der Waals surface area contributed by atoms with Crippen LogP contribution in [-0.2, 0) is 10.0 Å². The van der Waals surface area contributed by atoms with E-state index in [2.05, 4.69) is 10.0 Å². The van der Waals surface area contributed by atoms with Crippen LogP contribution in [0.3, 0.4) is 0 Å². The molecule has 0 saturated carbocycles. The molecule has 0 aliphatic carbocycles. The van der Waals surface area contributed by atoms with E-state index >= 15 is 0 Å². The monoisotopic (exact) mass is 300 g/mol. The molecule has 0 unspecified atom stereocenters. The summed E-state index contributed by atoms with van der Waals surface area (Å²) in [6, 6.07) is 4.02. The van der Waals surface area contributed by atoms with E-state index in [1.807, 2.05) is 20.8 Å². The number of sulfonamides is 1. The van der Waals surface area contributed by atoms with Crippen LogP contribution in [-0.4, -0.2) is 32.6 Å². The standard InChI is InChI=1S/C13H20N2O4S/c1-4-14-11-6-5-10(13(16)17)7-12(11)20(18,19)15-8-9(2)3/h5-7,9,14-15H,4,8H2,1-3H3,(H,16,17). The molecule has 1 rings (SSSR count). The Morgan fingerprint density at radius 2 is 2.00 bits per heavy atom. The summed E-state index contributed by atoms with van der Waals surface area (Å²) in [6.07, 6.45) is 0. The highest BCUT2D eigenvalue weighted by Gasteiger charge is 2.20. The molecule has 0 heterocycles. The van der Waals surface area contributed by atoms with Crippen LogP contribution >= 0.6 is 0 Å². The van der Waals surface area contributed by atoms with Gasteiger partial charge in [0.2, 0.25) is 10.0 Å². The number of rotatable bonds is 7. The number of carboxylic acid groups (broad SMARTS) is 1. The van der Waals surface area contributed by atoms with Crippen molar-refractivity contribution in [3.05, 3.63) is 23.8 Å². The molecule has 0 bridgehead atoms. The zero-order valence-electron chi connectivity index (χ0n) is 11.8. The Hall–Kier alpha value is -1.60. The van der Waals surface area contributed by atoms with Crippen LogP contribution in [0.15, 0.2) is 23.1 Å². The second-order valence-electron chi connectivity index (χ2n) is 4.79. The zero-order chi connectivity index (χ0) is 15.3. The smallest absolute Gasteiger partial charge is 0.335 e. The highest BCUT2D eigenvalue weighted by molar-refractivity contribution is 7.89. The van der Waals surface area contributed by atoms with Crippen molar-refractivity contribution < 1.29 is 18.3 Å². The molecular weight excluding hydrogens is 280 g/mol. The molecule has 0 amide bonds. The molecule has 20 heavy (non-hydrogen) atoms. The zero-order valence-corrected chi connectivity index (χ0v) is 12.6. The quantitative estimate of drug-likeness (QED) is 0.713. The topological polar surface area (TPSA) is 95.5 Å². The number of carboxylic acids is 1. The van der Waals surface area contributed by atoms with Gasteiger partial charge in [-0.3, -0.25) is 0 Å². The Labute approximate surface area is 119 Å². The van der Waals surface area contributed by atoms with E-state index in [9.17, 15) is 13.2 Å². The van der Waals surface area contributed by atoms with Crippen LogP contribution in [0.25, 0.3) is 0 Å². The van der Waals surface area contributed by atoms with Crippen LogP contribution in [0.4, 0.5) is 5.69 Å². The second-order valence-corrected chi connectivity index (χ2v) is 6.53. The fourth-order valence-corrected chi connectivity index (χ4v) is 2.99. The molecule has 112 valence electrons. The number of nitrogens with one attached hydrogen (secondary N) is 2. The van der Waals surface area contributed by atoms with Crippen LogP contribution < -0.4 is 10.0 Å². The molecule has 0 aliphatic rings. The molecular formula is C13H20N2O4S. The van der Waals surface area contributed by atoms with Crippen LogP contribution in [0.1, 0.15) is 31.1 Å². The van der Waals surface area contributed by atoms with Gasteiger partial charge in [0.25, 0.3) is 0 Å². The maximum atomic E-state index is 12.3. The maximum absolute atomic E-state index is 12.3. The fourth-order valence-electron chi connectivity index (χ4n) is 1.57. The van der Waals surface area contributed by atoms with Crippen molar-refractivity contribution in [1.82, 2.24) is 4.72 Å². The second kappa shape index (κ2) is 6.71. The lowest BCUT2D eigenvalue weighted by Crippen LogP contribution is -2.28.